The van der Waals surface area contributed by atoms with Crippen LogP contribution in [0.5, 0.6) is 0 Å². The fourth-order valence-electron chi connectivity index (χ4n) is 4.25. The van der Waals surface area contributed by atoms with E-state index in [2.05, 4.69) is 32.6 Å². The van der Waals surface area contributed by atoms with Gasteiger partial charge in [-0.2, -0.15) is 0 Å². The van der Waals surface area contributed by atoms with Crippen molar-refractivity contribution in [2.75, 3.05) is 18.0 Å². The van der Waals surface area contributed by atoms with Crippen molar-refractivity contribution in [2.24, 2.45) is 5.92 Å². The van der Waals surface area contributed by atoms with Crippen molar-refractivity contribution in [3.63, 3.8) is 0 Å². The highest BCUT2D eigenvalue weighted by molar-refractivity contribution is 6.45. The summed E-state index contributed by atoms with van der Waals surface area (Å²) in [5, 5.41) is 0. The maximum Gasteiger partial charge on any atom is 0.282 e. The fraction of sp³-hybridized carbons (Fsp3) is 0.385. The normalized spacial score (nSPS) is 18.5. The second-order valence-corrected chi connectivity index (χ2v) is 9.50. The average molecular weight is 403 g/mol. The van der Waals surface area contributed by atoms with Gasteiger partial charge in [0.1, 0.15) is 5.70 Å². The molecule has 2 heterocycles. The standard InChI is InChI=1S/C26H30N2O2/c1-18-14-16-27(17-15-18)23-22(19-8-6-5-7-9-19)24(29)28(25(23)30)21-12-10-20(11-13-21)26(2,3)4/h5-13,18H,14-17H2,1-4H3. The van der Waals surface area contributed by atoms with E-state index >= 15 is 0 Å². The number of amides is 2. The summed E-state index contributed by atoms with van der Waals surface area (Å²) in [4.78, 5) is 30.6. The predicted octanol–water partition coefficient (Wildman–Crippen LogP) is 5.00. The summed E-state index contributed by atoms with van der Waals surface area (Å²) in [6.45, 7) is 10.3. The highest BCUT2D eigenvalue weighted by atomic mass is 16.2. The minimum Gasteiger partial charge on any atom is -0.366 e. The van der Waals surface area contributed by atoms with Crippen LogP contribution in [0.2, 0.25) is 0 Å². The number of benzene rings is 2. The monoisotopic (exact) mass is 402 g/mol. The predicted molar refractivity (Wildman–Crippen MR) is 121 cm³/mol. The van der Waals surface area contributed by atoms with Crippen molar-refractivity contribution in [2.45, 2.75) is 46.0 Å². The lowest BCUT2D eigenvalue weighted by molar-refractivity contribution is -0.120. The van der Waals surface area contributed by atoms with Gasteiger partial charge in [-0.05, 0) is 47.4 Å². The molecule has 0 saturated carbocycles. The molecule has 0 aromatic heterocycles. The van der Waals surface area contributed by atoms with E-state index < -0.39 is 0 Å². The first-order chi connectivity index (χ1) is 14.3. The van der Waals surface area contributed by atoms with Crippen molar-refractivity contribution >= 4 is 23.1 Å². The highest BCUT2D eigenvalue weighted by Gasteiger charge is 2.42. The van der Waals surface area contributed by atoms with E-state index in [1.54, 1.807) is 0 Å². The Morgan fingerprint density at radius 3 is 2.00 bits per heavy atom. The molecule has 2 aliphatic heterocycles. The number of likely N-dealkylation sites (tertiary alicyclic amines) is 1. The summed E-state index contributed by atoms with van der Waals surface area (Å²) in [6.07, 6.45) is 2.07. The van der Waals surface area contributed by atoms with E-state index in [9.17, 15) is 9.59 Å². The largest absolute Gasteiger partial charge is 0.366 e. The lowest BCUT2D eigenvalue weighted by Crippen LogP contribution is -2.38. The zero-order valence-electron chi connectivity index (χ0n) is 18.3. The van der Waals surface area contributed by atoms with Crippen LogP contribution in [0.15, 0.2) is 60.3 Å². The van der Waals surface area contributed by atoms with Crippen LogP contribution >= 0.6 is 0 Å². The van der Waals surface area contributed by atoms with Gasteiger partial charge in [-0.15, -0.1) is 0 Å². The first-order valence-corrected chi connectivity index (χ1v) is 10.8. The molecule has 156 valence electrons. The van der Waals surface area contributed by atoms with Gasteiger partial charge in [0, 0.05) is 13.1 Å². The second-order valence-electron chi connectivity index (χ2n) is 9.50. The topological polar surface area (TPSA) is 40.6 Å². The Labute approximate surface area is 179 Å². The Kier molecular flexibility index (Phi) is 5.27. The van der Waals surface area contributed by atoms with Gasteiger partial charge in [-0.1, -0.05) is 70.2 Å². The van der Waals surface area contributed by atoms with Gasteiger partial charge in [0.2, 0.25) is 0 Å². The van der Waals surface area contributed by atoms with Crippen molar-refractivity contribution in [3.8, 4) is 0 Å². The molecule has 0 bridgehead atoms. The van der Waals surface area contributed by atoms with Crippen molar-refractivity contribution < 1.29 is 9.59 Å². The number of nitrogens with zero attached hydrogens (tertiary/aromatic N) is 2. The van der Waals surface area contributed by atoms with Gasteiger partial charge in [0.05, 0.1) is 11.3 Å². The van der Waals surface area contributed by atoms with E-state index in [0.717, 1.165) is 31.5 Å². The molecule has 2 aliphatic rings. The molecule has 0 N–H and O–H groups in total. The van der Waals surface area contributed by atoms with E-state index in [1.807, 2.05) is 54.6 Å². The third kappa shape index (κ3) is 3.67. The van der Waals surface area contributed by atoms with E-state index in [4.69, 9.17) is 0 Å². The van der Waals surface area contributed by atoms with Crippen LogP contribution < -0.4 is 4.90 Å². The van der Waals surface area contributed by atoms with Gasteiger partial charge in [-0.3, -0.25) is 9.59 Å². The van der Waals surface area contributed by atoms with Crippen LogP contribution in [0.3, 0.4) is 0 Å². The summed E-state index contributed by atoms with van der Waals surface area (Å²) >= 11 is 0. The van der Waals surface area contributed by atoms with Gasteiger partial charge < -0.3 is 4.90 Å². The molecule has 4 heteroatoms. The molecule has 2 aromatic rings. The van der Waals surface area contributed by atoms with Gasteiger partial charge in [-0.25, -0.2) is 4.90 Å². The van der Waals surface area contributed by atoms with Gasteiger partial charge in [0.15, 0.2) is 0 Å². The Morgan fingerprint density at radius 1 is 0.833 bits per heavy atom. The molecule has 30 heavy (non-hydrogen) atoms. The molecule has 0 radical (unpaired) electrons. The summed E-state index contributed by atoms with van der Waals surface area (Å²) < 4.78 is 0. The van der Waals surface area contributed by atoms with Crippen molar-refractivity contribution in [1.29, 1.82) is 0 Å². The van der Waals surface area contributed by atoms with E-state index in [-0.39, 0.29) is 17.2 Å². The zero-order valence-corrected chi connectivity index (χ0v) is 18.3. The van der Waals surface area contributed by atoms with Crippen molar-refractivity contribution in [3.05, 3.63) is 71.4 Å². The lowest BCUT2D eigenvalue weighted by Gasteiger charge is -2.32. The smallest absolute Gasteiger partial charge is 0.282 e. The molecule has 4 nitrogen and oxygen atoms in total. The number of piperidine rings is 1. The van der Waals surface area contributed by atoms with E-state index in [1.165, 1.54) is 10.5 Å². The molecular weight excluding hydrogens is 372 g/mol. The number of hydrogen-bond donors (Lipinski definition) is 0. The summed E-state index contributed by atoms with van der Waals surface area (Å²) in [7, 11) is 0. The first-order valence-electron chi connectivity index (χ1n) is 10.8. The molecule has 0 aliphatic carbocycles. The average Bonchev–Trinajstić information content (AvgIpc) is 2.99. The number of carbonyl (C=O) groups is 2. The summed E-state index contributed by atoms with van der Waals surface area (Å²) in [6, 6.07) is 17.4. The van der Waals surface area contributed by atoms with Crippen LogP contribution in [0, 0.1) is 5.92 Å². The number of carbonyl (C=O) groups excluding carboxylic acids is 2. The SMILES string of the molecule is CC1CCN(C2=C(c3ccccc3)C(=O)N(c3ccc(C(C)(C)C)cc3)C2=O)CC1. The number of rotatable bonds is 3. The molecule has 1 saturated heterocycles. The Morgan fingerprint density at radius 2 is 1.43 bits per heavy atom. The van der Waals surface area contributed by atoms with Gasteiger partial charge in [0.25, 0.3) is 11.8 Å². The number of imide groups is 1. The third-order valence-electron chi connectivity index (χ3n) is 6.21. The summed E-state index contributed by atoms with van der Waals surface area (Å²) in [5.41, 5.74) is 3.70. The Bertz CT molecular complexity index is 976. The Hall–Kier alpha value is -2.88. The van der Waals surface area contributed by atoms with E-state index in [0.29, 0.717) is 22.9 Å². The molecule has 0 unspecified atom stereocenters. The maximum absolute atomic E-state index is 13.6. The number of anilines is 1. The fourth-order valence-corrected chi connectivity index (χ4v) is 4.25. The van der Waals surface area contributed by atoms with Crippen LogP contribution in [0.1, 0.15) is 51.7 Å². The molecule has 0 atom stereocenters. The summed E-state index contributed by atoms with van der Waals surface area (Å²) in [5.74, 6) is 0.204. The van der Waals surface area contributed by atoms with Crippen LogP contribution in [-0.4, -0.2) is 29.8 Å². The first kappa shape index (κ1) is 20.4. The Balaban J connectivity index is 1.75. The molecular formula is C26H30N2O2. The lowest BCUT2D eigenvalue weighted by atomic mass is 9.87. The molecule has 2 amide bonds. The molecule has 1 fully saturated rings. The minimum atomic E-state index is -0.233. The molecule has 2 aromatic carbocycles. The van der Waals surface area contributed by atoms with Crippen LogP contribution in [-0.2, 0) is 15.0 Å². The highest BCUT2D eigenvalue weighted by Crippen LogP contribution is 2.37. The third-order valence-corrected chi connectivity index (χ3v) is 6.21. The number of hydrogen-bond acceptors (Lipinski definition) is 3. The minimum absolute atomic E-state index is 0.0145. The van der Waals surface area contributed by atoms with Crippen LogP contribution in [0.25, 0.3) is 5.57 Å². The van der Waals surface area contributed by atoms with Crippen LogP contribution in [0.4, 0.5) is 5.69 Å². The zero-order chi connectivity index (χ0) is 21.5. The molecule has 0 spiro atoms. The second kappa shape index (κ2) is 7.75. The maximum atomic E-state index is 13.6. The van der Waals surface area contributed by atoms with Crippen molar-refractivity contribution in [1.82, 2.24) is 4.90 Å². The van der Waals surface area contributed by atoms with Gasteiger partial charge >= 0.3 is 0 Å². The molecule has 4 rings (SSSR count). The quantitative estimate of drug-likeness (QED) is 0.679.